The predicted molar refractivity (Wildman–Crippen MR) is 147 cm³/mol. The third-order valence-electron chi connectivity index (χ3n) is 5.09. The number of nitrogens with two attached hydrogens (primary N) is 1. The molecule has 2 aromatic carbocycles. The summed E-state index contributed by atoms with van der Waals surface area (Å²) in [5.41, 5.74) is 5.06. The third-order valence-corrected chi connectivity index (χ3v) is 11.3. The minimum atomic E-state index is -4.25. The monoisotopic (exact) mass is 590 g/mol. The van der Waals surface area contributed by atoms with Gasteiger partial charge in [-0.25, -0.2) is 29.6 Å². The van der Waals surface area contributed by atoms with Crippen molar-refractivity contribution in [3.05, 3.63) is 66.0 Å². The smallest absolute Gasteiger partial charge is 0.257 e. The van der Waals surface area contributed by atoms with E-state index in [4.69, 9.17) is 5.73 Å². The standard InChI is InChI=1S/C23H31FN4O7S3/c1-16(2)37(32,33)28(38(34,35)17(3)4)20-11-9-19(10-12-20)26-23(29)21-7-5-6-8-22(21)27-36(30,31)15-18(24)13-14-25/h5-13,16-17,27H,14-15,25H2,1-4H3,(H,26,29)/b18-13-. The summed E-state index contributed by atoms with van der Waals surface area (Å²) >= 11 is 0. The van der Waals surface area contributed by atoms with Crippen molar-refractivity contribution < 1.29 is 34.4 Å². The number of para-hydroxylation sites is 1. The summed E-state index contributed by atoms with van der Waals surface area (Å²) in [6.45, 7) is 5.27. The van der Waals surface area contributed by atoms with Gasteiger partial charge in [-0.05, 0) is 70.2 Å². The number of rotatable bonds is 12. The van der Waals surface area contributed by atoms with Crippen LogP contribution in [0.4, 0.5) is 21.5 Å². The molecule has 0 saturated carbocycles. The van der Waals surface area contributed by atoms with Gasteiger partial charge >= 0.3 is 0 Å². The van der Waals surface area contributed by atoms with E-state index in [-0.39, 0.29) is 29.2 Å². The molecule has 15 heteroatoms. The first-order valence-electron chi connectivity index (χ1n) is 11.4. The summed E-state index contributed by atoms with van der Waals surface area (Å²) in [6.07, 6.45) is 0.918. The van der Waals surface area contributed by atoms with Gasteiger partial charge in [0.05, 0.1) is 27.4 Å². The average molecular weight is 591 g/mol. The zero-order chi connectivity index (χ0) is 28.9. The quantitative estimate of drug-likeness (QED) is 0.338. The lowest BCUT2D eigenvalue weighted by Crippen LogP contribution is -2.44. The highest BCUT2D eigenvalue weighted by atomic mass is 32.3. The van der Waals surface area contributed by atoms with E-state index in [0.29, 0.717) is 3.71 Å². The molecule has 0 saturated heterocycles. The lowest BCUT2D eigenvalue weighted by atomic mass is 10.1. The molecular weight excluding hydrogens is 559 g/mol. The number of nitrogens with one attached hydrogen (secondary N) is 2. The minimum Gasteiger partial charge on any atom is -0.327 e. The van der Waals surface area contributed by atoms with Gasteiger partial charge in [-0.15, -0.1) is 0 Å². The van der Waals surface area contributed by atoms with Gasteiger partial charge in [-0.1, -0.05) is 12.1 Å². The molecule has 0 fully saturated rings. The molecule has 0 atom stereocenters. The number of amides is 1. The van der Waals surface area contributed by atoms with Gasteiger partial charge in [0.2, 0.25) is 10.0 Å². The Morgan fingerprint density at radius 1 is 0.921 bits per heavy atom. The molecule has 0 aromatic heterocycles. The molecule has 0 bridgehead atoms. The van der Waals surface area contributed by atoms with E-state index in [2.05, 4.69) is 10.0 Å². The molecule has 0 spiro atoms. The Bertz CT molecular complexity index is 1470. The summed E-state index contributed by atoms with van der Waals surface area (Å²) in [6, 6.07) is 10.7. The summed E-state index contributed by atoms with van der Waals surface area (Å²) in [5, 5.41) is 0.504. The Morgan fingerprint density at radius 3 is 1.95 bits per heavy atom. The number of sulfonamides is 3. The fourth-order valence-electron chi connectivity index (χ4n) is 3.03. The number of nitrogens with zero attached hydrogens (tertiary/aromatic N) is 1. The van der Waals surface area contributed by atoms with Crippen LogP contribution in [0.2, 0.25) is 0 Å². The average Bonchev–Trinajstić information content (AvgIpc) is 2.79. The molecule has 210 valence electrons. The third kappa shape index (κ3) is 7.52. The van der Waals surface area contributed by atoms with Gasteiger partial charge in [0.25, 0.3) is 26.0 Å². The minimum absolute atomic E-state index is 0.0743. The van der Waals surface area contributed by atoms with Crippen molar-refractivity contribution >= 4 is 53.0 Å². The second-order valence-corrected chi connectivity index (χ2v) is 15.3. The van der Waals surface area contributed by atoms with E-state index in [0.717, 1.165) is 6.08 Å². The normalized spacial score (nSPS) is 13.0. The molecule has 0 aliphatic carbocycles. The number of hydrogen-bond donors (Lipinski definition) is 3. The molecule has 11 nitrogen and oxygen atoms in total. The zero-order valence-corrected chi connectivity index (χ0v) is 23.7. The highest BCUT2D eigenvalue weighted by molar-refractivity contribution is 8.10. The van der Waals surface area contributed by atoms with E-state index < -0.39 is 58.1 Å². The van der Waals surface area contributed by atoms with E-state index in [1.807, 2.05) is 0 Å². The molecule has 0 aliphatic heterocycles. The van der Waals surface area contributed by atoms with Crippen molar-refractivity contribution in [2.24, 2.45) is 5.73 Å². The van der Waals surface area contributed by atoms with E-state index in [1.165, 1.54) is 76.2 Å². The van der Waals surface area contributed by atoms with Crippen LogP contribution in [0.3, 0.4) is 0 Å². The van der Waals surface area contributed by atoms with Crippen LogP contribution in [0, 0.1) is 0 Å². The first-order valence-corrected chi connectivity index (χ1v) is 16.0. The molecule has 0 unspecified atom stereocenters. The van der Waals surface area contributed by atoms with Gasteiger partial charge in [0, 0.05) is 12.2 Å². The van der Waals surface area contributed by atoms with Crippen LogP contribution in [0.1, 0.15) is 38.1 Å². The molecule has 38 heavy (non-hydrogen) atoms. The first-order chi connectivity index (χ1) is 17.5. The van der Waals surface area contributed by atoms with Crippen LogP contribution in [0.25, 0.3) is 0 Å². The van der Waals surface area contributed by atoms with Crippen molar-refractivity contribution in [1.29, 1.82) is 0 Å². The molecular formula is C23H31FN4O7S3. The van der Waals surface area contributed by atoms with Crippen molar-refractivity contribution in [1.82, 2.24) is 0 Å². The van der Waals surface area contributed by atoms with Crippen molar-refractivity contribution in [3.8, 4) is 0 Å². The molecule has 2 rings (SSSR count). The highest BCUT2D eigenvalue weighted by Crippen LogP contribution is 2.29. The summed E-state index contributed by atoms with van der Waals surface area (Å²) in [7, 11) is -12.7. The highest BCUT2D eigenvalue weighted by Gasteiger charge is 2.38. The molecule has 0 radical (unpaired) electrons. The number of benzene rings is 2. The van der Waals surface area contributed by atoms with Gasteiger partial charge in [-0.2, -0.15) is 3.71 Å². The van der Waals surface area contributed by atoms with Crippen molar-refractivity contribution in [2.75, 3.05) is 26.0 Å². The Labute approximate surface area is 223 Å². The molecule has 0 aliphatic rings. The fourth-order valence-corrected chi connectivity index (χ4v) is 7.88. The Morgan fingerprint density at radius 2 is 1.45 bits per heavy atom. The van der Waals surface area contributed by atoms with Crippen LogP contribution in [0.15, 0.2) is 60.4 Å². The second kappa shape index (κ2) is 12.2. The summed E-state index contributed by atoms with van der Waals surface area (Å²) in [5.74, 6) is -2.64. The van der Waals surface area contributed by atoms with E-state index >= 15 is 0 Å². The van der Waals surface area contributed by atoms with E-state index in [9.17, 15) is 34.4 Å². The lowest BCUT2D eigenvalue weighted by molar-refractivity contribution is 0.102. The summed E-state index contributed by atoms with van der Waals surface area (Å²) in [4.78, 5) is 12.9. The summed E-state index contributed by atoms with van der Waals surface area (Å²) < 4.78 is 92.4. The maximum atomic E-state index is 13.7. The van der Waals surface area contributed by atoms with Crippen LogP contribution < -0.4 is 19.5 Å². The number of halogens is 1. The largest absolute Gasteiger partial charge is 0.327 e. The van der Waals surface area contributed by atoms with E-state index in [1.54, 1.807) is 0 Å². The molecule has 2 aromatic rings. The van der Waals surface area contributed by atoms with Gasteiger partial charge in [-0.3, -0.25) is 9.52 Å². The first kappa shape index (κ1) is 31.2. The van der Waals surface area contributed by atoms with Crippen LogP contribution >= 0.6 is 0 Å². The number of carbonyl (C=O) groups is 1. The molecule has 0 heterocycles. The zero-order valence-electron chi connectivity index (χ0n) is 21.3. The topological polar surface area (TPSA) is 173 Å². The molecule has 1 amide bonds. The van der Waals surface area contributed by atoms with Crippen LogP contribution in [0.5, 0.6) is 0 Å². The maximum Gasteiger partial charge on any atom is 0.257 e. The fraction of sp³-hybridized carbons (Fsp3) is 0.348. The van der Waals surface area contributed by atoms with Gasteiger partial charge < -0.3 is 11.1 Å². The SMILES string of the molecule is CC(C)S(=O)(=O)N(c1ccc(NC(=O)c2ccccc2NS(=O)(=O)C/C(F)=C/CN)cc1)S(=O)(=O)C(C)C. The predicted octanol–water partition coefficient (Wildman–Crippen LogP) is 2.78. The van der Waals surface area contributed by atoms with Crippen LogP contribution in [-0.4, -0.2) is 54.0 Å². The van der Waals surface area contributed by atoms with Crippen molar-refractivity contribution in [2.45, 2.75) is 38.2 Å². The lowest BCUT2D eigenvalue weighted by Gasteiger charge is -2.27. The maximum absolute atomic E-state index is 13.7. The molecule has 4 N–H and O–H groups in total. The number of carbonyl (C=O) groups excluding carboxylic acids is 1. The van der Waals surface area contributed by atoms with Gasteiger partial charge in [0.1, 0.15) is 11.6 Å². The van der Waals surface area contributed by atoms with Gasteiger partial charge in [0.15, 0.2) is 0 Å². The number of anilines is 3. The Hall–Kier alpha value is -3.01. The Kier molecular flexibility index (Phi) is 10.0. The Balaban J connectivity index is 2.35. The second-order valence-electron chi connectivity index (χ2n) is 8.68. The van der Waals surface area contributed by atoms with Crippen molar-refractivity contribution in [3.63, 3.8) is 0 Å². The van der Waals surface area contributed by atoms with Crippen LogP contribution in [-0.2, 0) is 30.1 Å². The number of hydrogen-bond acceptors (Lipinski definition) is 8.